The van der Waals surface area contributed by atoms with Crippen molar-refractivity contribution in [3.63, 3.8) is 0 Å². The minimum atomic E-state index is -0.140. The van der Waals surface area contributed by atoms with Gasteiger partial charge in [-0.1, -0.05) is 40.2 Å². The summed E-state index contributed by atoms with van der Waals surface area (Å²) in [7, 11) is 1.50. The number of pyridine rings is 1. The third kappa shape index (κ3) is 1.53. The predicted molar refractivity (Wildman–Crippen MR) is 75.9 cm³/mol. The zero-order valence-electron chi connectivity index (χ0n) is 9.68. The first-order valence-corrected chi connectivity index (χ1v) is 6.29. The molecule has 4 heteroatoms. The highest BCUT2D eigenvalue weighted by Gasteiger charge is 2.10. The molecule has 0 saturated carbocycles. The molecule has 2 aromatic carbocycles. The molecule has 90 valence electrons. The summed E-state index contributed by atoms with van der Waals surface area (Å²) in [6.07, 6.45) is 0. The second-order valence-corrected chi connectivity index (χ2v) is 4.90. The molecule has 0 aliphatic carbocycles. The van der Waals surface area contributed by atoms with Crippen LogP contribution >= 0.6 is 15.9 Å². The maximum absolute atomic E-state index is 12.3. The average Bonchev–Trinajstić information content (AvgIpc) is 2.39. The van der Waals surface area contributed by atoms with Crippen molar-refractivity contribution in [2.24, 2.45) is 0 Å². The van der Waals surface area contributed by atoms with Crippen LogP contribution in [0.1, 0.15) is 0 Å². The van der Waals surface area contributed by atoms with Gasteiger partial charge in [-0.25, -0.2) is 0 Å². The zero-order valence-corrected chi connectivity index (χ0v) is 11.3. The molecule has 0 amide bonds. The molecule has 0 unspecified atom stereocenters. The van der Waals surface area contributed by atoms with E-state index in [0.29, 0.717) is 5.39 Å². The lowest BCUT2D eigenvalue weighted by molar-refractivity contribution is 0.170. The summed E-state index contributed by atoms with van der Waals surface area (Å²) in [5, 5.41) is 2.60. The van der Waals surface area contributed by atoms with Gasteiger partial charge in [0.25, 0.3) is 5.56 Å². The lowest BCUT2D eigenvalue weighted by atomic mass is 10.1. The Labute approximate surface area is 112 Å². The first kappa shape index (κ1) is 11.3. The third-order valence-corrected chi connectivity index (χ3v) is 3.49. The molecule has 0 spiro atoms. The number of nitrogens with zero attached hydrogens (tertiary/aromatic N) is 1. The Balaban J connectivity index is 2.66. The maximum Gasteiger partial charge on any atom is 0.291 e. The number of fused-ring (bicyclic) bond motifs is 3. The van der Waals surface area contributed by atoms with Crippen LogP contribution in [0.15, 0.2) is 51.7 Å². The highest BCUT2D eigenvalue weighted by molar-refractivity contribution is 9.10. The van der Waals surface area contributed by atoms with Crippen molar-refractivity contribution in [3.05, 3.63) is 57.3 Å². The van der Waals surface area contributed by atoms with Gasteiger partial charge in [0, 0.05) is 9.86 Å². The Hall–Kier alpha value is -1.81. The fourth-order valence-corrected chi connectivity index (χ4v) is 2.55. The van der Waals surface area contributed by atoms with E-state index in [1.54, 1.807) is 0 Å². The van der Waals surface area contributed by atoms with Gasteiger partial charge in [0.15, 0.2) is 0 Å². The van der Waals surface area contributed by atoms with Gasteiger partial charge in [-0.2, -0.15) is 0 Å². The smallest absolute Gasteiger partial charge is 0.291 e. The Morgan fingerprint density at radius 2 is 1.78 bits per heavy atom. The molecular formula is C14H10BrNO2. The standard InChI is InChI=1S/C14H10BrNO2/c1-18-16-13-8-9(15)6-7-11(13)10-4-2-3-5-12(10)14(16)17/h2-8H,1H3. The lowest BCUT2D eigenvalue weighted by Crippen LogP contribution is -2.25. The molecule has 0 fully saturated rings. The summed E-state index contributed by atoms with van der Waals surface area (Å²) in [6.45, 7) is 0. The van der Waals surface area contributed by atoms with Crippen LogP contribution in [0.25, 0.3) is 21.7 Å². The largest absolute Gasteiger partial charge is 0.413 e. The number of benzene rings is 2. The van der Waals surface area contributed by atoms with Gasteiger partial charge in [-0.15, -0.1) is 4.73 Å². The van der Waals surface area contributed by atoms with Crippen LogP contribution in [0.3, 0.4) is 0 Å². The molecule has 0 bridgehead atoms. The van der Waals surface area contributed by atoms with Crippen molar-refractivity contribution in [1.29, 1.82) is 0 Å². The Morgan fingerprint density at radius 3 is 2.50 bits per heavy atom. The highest BCUT2D eigenvalue weighted by atomic mass is 79.9. The quantitative estimate of drug-likeness (QED) is 0.647. The van der Waals surface area contributed by atoms with Crippen molar-refractivity contribution in [2.45, 2.75) is 0 Å². The van der Waals surface area contributed by atoms with E-state index >= 15 is 0 Å². The van der Waals surface area contributed by atoms with Gasteiger partial charge in [0.05, 0.1) is 10.9 Å². The minimum Gasteiger partial charge on any atom is -0.413 e. The average molecular weight is 304 g/mol. The van der Waals surface area contributed by atoms with E-state index < -0.39 is 0 Å². The lowest BCUT2D eigenvalue weighted by Gasteiger charge is -2.11. The van der Waals surface area contributed by atoms with E-state index in [-0.39, 0.29) is 5.56 Å². The molecule has 18 heavy (non-hydrogen) atoms. The molecule has 0 N–H and O–H groups in total. The number of hydrogen-bond acceptors (Lipinski definition) is 2. The van der Waals surface area contributed by atoms with E-state index in [0.717, 1.165) is 20.8 Å². The number of rotatable bonds is 1. The second kappa shape index (κ2) is 4.14. The summed E-state index contributed by atoms with van der Waals surface area (Å²) >= 11 is 3.41. The van der Waals surface area contributed by atoms with Crippen LogP contribution in [0.2, 0.25) is 0 Å². The van der Waals surface area contributed by atoms with Crippen LogP contribution in [-0.2, 0) is 0 Å². The van der Waals surface area contributed by atoms with E-state index in [4.69, 9.17) is 4.84 Å². The van der Waals surface area contributed by atoms with Crippen molar-refractivity contribution in [2.75, 3.05) is 7.11 Å². The number of aromatic nitrogens is 1. The molecule has 0 saturated heterocycles. The van der Waals surface area contributed by atoms with Crippen LogP contribution in [0.5, 0.6) is 0 Å². The first-order valence-electron chi connectivity index (χ1n) is 5.50. The first-order chi connectivity index (χ1) is 8.72. The molecular weight excluding hydrogens is 294 g/mol. The Morgan fingerprint density at radius 1 is 1.06 bits per heavy atom. The molecule has 0 radical (unpaired) electrons. The fourth-order valence-electron chi connectivity index (χ4n) is 2.21. The van der Waals surface area contributed by atoms with Gasteiger partial charge >= 0.3 is 0 Å². The molecule has 0 atom stereocenters. The van der Waals surface area contributed by atoms with Gasteiger partial charge in [-0.05, 0) is 23.6 Å². The normalized spacial score (nSPS) is 11.0. The van der Waals surface area contributed by atoms with Gasteiger partial charge in [-0.3, -0.25) is 4.79 Å². The summed E-state index contributed by atoms with van der Waals surface area (Å²) in [4.78, 5) is 17.5. The molecule has 0 aliphatic rings. The predicted octanol–water partition coefficient (Wildman–Crippen LogP) is 2.98. The van der Waals surface area contributed by atoms with Gasteiger partial charge in [0.1, 0.15) is 7.11 Å². The summed E-state index contributed by atoms with van der Waals surface area (Å²) < 4.78 is 2.23. The molecule has 3 nitrogen and oxygen atoms in total. The van der Waals surface area contributed by atoms with Crippen molar-refractivity contribution >= 4 is 37.6 Å². The van der Waals surface area contributed by atoms with E-state index in [1.165, 1.54) is 11.8 Å². The monoisotopic (exact) mass is 303 g/mol. The van der Waals surface area contributed by atoms with Crippen LogP contribution in [-0.4, -0.2) is 11.8 Å². The van der Waals surface area contributed by atoms with E-state index in [2.05, 4.69) is 15.9 Å². The highest BCUT2D eigenvalue weighted by Crippen LogP contribution is 2.25. The van der Waals surface area contributed by atoms with Crippen LogP contribution in [0, 0.1) is 0 Å². The van der Waals surface area contributed by atoms with Crippen LogP contribution in [0.4, 0.5) is 0 Å². The third-order valence-electron chi connectivity index (χ3n) is 2.99. The molecule has 1 heterocycles. The van der Waals surface area contributed by atoms with Crippen LogP contribution < -0.4 is 10.4 Å². The summed E-state index contributed by atoms with van der Waals surface area (Å²) in [5.41, 5.74) is 0.620. The number of halogens is 1. The van der Waals surface area contributed by atoms with E-state index in [1.807, 2.05) is 42.5 Å². The Kier molecular flexibility index (Phi) is 2.59. The molecule has 3 aromatic rings. The van der Waals surface area contributed by atoms with Crippen molar-refractivity contribution in [3.8, 4) is 0 Å². The minimum absolute atomic E-state index is 0.140. The maximum atomic E-state index is 12.3. The molecule has 0 aliphatic heterocycles. The van der Waals surface area contributed by atoms with Crippen molar-refractivity contribution in [1.82, 2.24) is 4.73 Å². The van der Waals surface area contributed by atoms with E-state index in [9.17, 15) is 4.79 Å². The SMILES string of the molecule is COn1c(=O)c2ccccc2c2ccc(Br)cc21. The molecule has 3 rings (SSSR count). The summed E-state index contributed by atoms with van der Waals surface area (Å²) in [6, 6.07) is 13.4. The van der Waals surface area contributed by atoms with Gasteiger partial charge in [0.2, 0.25) is 0 Å². The Bertz CT molecular complexity index is 808. The summed E-state index contributed by atoms with van der Waals surface area (Å²) in [5.74, 6) is 0. The van der Waals surface area contributed by atoms with Crippen molar-refractivity contribution < 1.29 is 4.84 Å². The molecule has 1 aromatic heterocycles. The van der Waals surface area contributed by atoms with Gasteiger partial charge < -0.3 is 4.84 Å². The second-order valence-electron chi connectivity index (χ2n) is 3.99. The fraction of sp³-hybridized carbons (Fsp3) is 0.0714. The topological polar surface area (TPSA) is 31.2 Å². The number of hydrogen-bond donors (Lipinski definition) is 0. The zero-order chi connectivity index (χ0) is 12.7.